The van der Waals surface area contributed by atoms with Crippen LogP contribution in [-0.2, 0) is 38.3 Å². The van der Waals surface area contributed by atoms with E-state index in [1.54, 1.807) is 26.8 Å². The van der Waals surface area contributed by atoms with Gasteiger partial charge in [-0.25, -0.2) is 14.5 Å². The maximum atomic E-state index is 13.9. The summed E-state index contributed by atoms with van der Waals surface area (Å²) in [6.07, 6.45) is 7.10. The zero-order chi connectivity index (χ0) is 43.6. The summed E-state index contributed by atoms with van der Waals surface area (Å²) in [5.74, 6) is 1.45. The van der Waals surface area contributed by atoms with Gasteiger partial charge in [-0.15, -0.1) is 5.10 Å². The number of carbonyl (C=O) groups is 1. The first-order valence-corrected chi connectivity index (χ1v) is 20.3. The standard InChI is InChI=1S/C50H54N6O5/c1-9-21-42(47-52-53-54-56(47)50(38-23-15-12-16-24-38,39-25-17-13-18-26-39)40-27-19-14-20-28-40)41(11-3)37-31-29-36(30-32-37)33-55-44(22-10-2)51-46(49(5,6)58)45(55)48(57)61-34-43(60-8)35(4)59-7/h9,11-21,23-32,58H,1,10,22,33-34H2,2-8H3/b41-11-,42-21+,43-35-. The molecule has 0 amide bonds. The first-order chi connectivity index (χ1) is 29.5. The molecule has 6 aromatic rings. The van der Waals surface area contributed by atoms with Gasteiger partial charge in [0.1, 0.15) is 28.4 Å². The Morgan fingerprint density at radius 1 is 0.836 bits per heavy atom. The largest absolute Gasteiger partial charge is 0.498 e. The van der Waals surface area contributed by atoms with Gasteiger partial charge in [0.25, 0.3) is 0 Å². The van der Waals surface area contributed by atoms with Gasteiger partial charge in [0.2, 0.25) is 0 Å². The van der Waals surface area contributed by atoms with Gasteiger partial charge in [-0.2, -0.15) is 0 Å². The van der Waals surface area contributed by atoms with Crippen molar-refractivity contribution < 1.29 is 24.1 Å². The minimum atomic E-state index is -1.42. The Morgan fingerprint density at radius 2 is 1.41 bits per heavy atom. The summed E-state index contributed by atoms with van der Waals surface area (Å²) in [5, 5.41) is 25.0. The molecule has 0 bridgehead atoms. The Hall–Kier alpha value is -6.85. The molecule has 6 rings (SSSR count). The third-order valence-electron chi connectivity index (χ3n) is 10.6. The Balaban J connectivity index is 1.42. The molecule has 4 aromatic carbocycles. The number of esters is 1. The molecular weight excluding hydrogens is 765 g/mol. The smallest absolute Gasteiger partial charge is 0.357 e. The molecule has 314 valence electrons. The molecule has 0 saturated carbocycles. The van der Waals surface area contributed by atoms with E-state index in [9.17, 15) is 9.90 Å². The van der Waals surface area contributed by atoms with Crippen molar-refractivity contribution in [2.75, 3.05) is 20.8 Å². The van der Waals surface area contributed by atoms with Gasteiger partial charge in [-0.05, 0) is 77.9 Å². The highest BCUT2D eigenvalue weighted by Crippen LogP contribution is 2.43. The van der Waals surface area contributed by atoms with Gasteiger partial charge < -0.3 is 23.9 Å². The summed E-state index contributed by atoms with van der Waals surface area (Å²) >= 11 is 0. The molecule has 2 heterocycles. The normalized spacial score (nSPS) is 12.8. The van der Waals surface area contributed by atoms with E-state index in [0.717, 1.165) is 45.4 Å². The van der Waals surface area contributed by atoms with Crippen molar-refractivity contribution in [1.29, 1.82) is 0 Å². The van der Waals surface area contributed by atoms with Crippen LogP contribution in [0.5, 0.6) is 0 Å². The maximum absolute atomic E-state index is 13.9. The number of carbonyl (C=O) groups excluding carboxylic acids is 1. The van der Waals surface area contributed by atoms with Crippen LogP contribution < -0.4 is 0 Å². The second kappa shape index (κ2) is 19.5. The van der Waals surface area contributed by atoms with Crippen molar-refractivity contribution in [3.05, 3.63) is 202 Å². The van der Waals surface area contributed by atoms with E-state index in [1.165, 1.54) is 14.2 Å². The number of aromatic nitrogens is 6. The number of ether oxygens (including phenoxy) is 3. The van der Waals surface area contributed by atoms with Crippen LogP contribution in [-0.4, -0.2) is 61.7 Å². The molecule has 0 aliphatic rings. The van der Waals surface area contributed by atoms with E-state index >= 15 is 0 Å². The van der Waals surface area contributed by atoms with Crippen molar-refractivity contribution >= 4 is 17.1 Å². The van der Waals surface area contributed by atoms with E-state index in [4.69, 9.17) is 29.5 Å². The highest BCUT2D eigenvalue weighted by atomic mass is 16.6. The second-order valence-electron chi connectivity index (χ2n) is 15.0. The second-order valence-corrected chi connectivity index (χ2v) is 15.0. The van der Waals surface area contributed by atoms with Gasteiger partial charge in [-0.3, -0.25) is 0 Å². The topological polar surface area (TPSA) is 126 Å². The first-order valence-electron chi connectivity index (χ1n) is 20.3. The lowest BCUT2D eigenvalue weighted by molar-refractivity contribution is 0.0420. The number of benzene rings is 4. The van der Waals surface area contributed by atoms with Crippen molar-refractivity contribution in [2.24, 2.45) is 0 Å². The van der Waals surface area contributed by atoms with Gasteiger partial charge in [-0.1, -0.05) is 147 Å². The molecule has 0 atom stereocenters. The fourth-order valence-corrected chi connectivity index (χ4v) is 7.67. The molecule has 0 aliphatic heterocycles. The Labute approximate surface area is 358 Å². The van der Waals surface area contributed by atoms with E-state index < -0.39 is 17.1 Å². The van der Waals surface area contributed by atoms with Crippen LogP contribution in [0.3, 0.4) is 0 Å². The lowest BCUT2D eigenvalue weighted by Crippen LogP contribution is -2.40. The zero-order valence-electron chi connectivity index (χ0n) is 36.0. The summed E-state index contributed by atoms with van der Waals surface area (Å²) in [7, 11) is 3.01. The van der Waals surface area contributed by atoms with Crippen LogP contribution in [0.25, 0.3) is 11.1 Å². The maximum Gasteiger partial charge on any atom is 0.357 e. The van der Waals surface area contributed by atoms with Crippen molar-refractivity contribution in [1.82, 2.24) is 29.8 Å². The molecule has 11 nitrogen and oxygen atoms in total. The van der Waals surface area contributed by atoms with Crippen LogP contribution in [0, 0.1) is 0 Å². The van der Waals surface area contributed by atoms with E-state index in [-0.39, 0.29) is 18.0 Å². The lowest BCUT2D eigenvalue weighted by Gasteiger charge is -2.36. The molecule has 0 radical (unpaired) electrons. The predicted molar refractivity (Wildman–Crippen MR) is 238 cm³/mol. The molecule has 11 heteroatoms. The summed E-state index contributed by atoms with van der Waals surface area (Å²) in [6, 6.07) is 39.0. The number of hydrogen-bond acceptors (Lipinski definition) is 9. The first kappa shape index (κ1) is 43.7. The fourth-order valence-electron chi connectivity index (χ4n) is 7.67. The van der Waals surface area contributed by atoms with Crippen LogP contribution in [0.1, 0.15) is 96.7 Å². The predicted octanol–water partition coefficient (Wildman–Crippen LogP) is 9.29. The highest BCUT2D eigenvalue weighted by Gasteiger charge is 2.42. The van der Waals surface area contributed by atoms with Gasteiger partial charge >= 0.3 is 5.97 Å². The Kier molecular flexibility index (Phi) is 14.0. The van der Waals surface area contributed by atoms with Crippen LogP contribution in [0.15, 0.2) is 152 Å². The van der Waals surface area contributed by atoms with E-state index in [1.807, 2.05) is 114 Å². The van der Waals surface area contributed by atoms with Gasteiger partial charge in [0.05, 0.1) is 14.2 Å². The minimum Gasteiger partial charge on any atom is -0.498 e. The average Bonchev–Trinajstić information content (AvgIpc) is 3.91. The quantitative estimate of drug-likeness (QED) is 0.0391. The average molecular weight is 819 g/mol. The Bertz CT molecular complexity index is 2420. The number of aryl methyl sites for hydroxylation is 1. The Morgan fingerprint density at radius 3 is 1.89 bits per heavy atom. The fraction of sp³-hybridized carbons (Fsp3) is 0.260. The SMILES string of the molecule is C=C/C=C(\C(=C/C)c1ccc(Cn2c(CCC)nc(C(C)(C)O)c2C(=O)OC/C(OC)=C(\C)OC)cc1)c1nnnn1C(c1ccccc1)(c1ccccc1)c1ccccc1. The van der Waals surface area contributed by atoms with Gasteiger partial charge in [0, 0.05) is 18.5 Å². The summed E-state index contributed by atoms with van der Waals surface area (Å²) in [5.41, 5.74) is 4.52. The molecule has 2 aromatic heterocycles. The number of methoxy groups -OCH3 is 2. The molecule has 0 spiro atoms. The molecule has 61 heavy (non-hydrogen) atoms. The molecular formula is C50H54N6O5. The van der Waals surface area contributed by atoms with Crippen LogP contribution in [0.4, 0.5) is 0 Å². The number of allylic oxidation sites excluding steroid dienone is 6. The zero-order valence-corrected chi connectivity index (χ0v) is 36.0. The third kappa shape index (κ3) is 9.02. The molecule has 0 fully saturated rings. The van der Waals surface area contributed by atoms with Gasteiger partial charge in [0.15, 0.2) is 23.9 Å². The van der Waals surface area contributed by atoms with Crippen molar-refractivity contribution in [3.8, 4) is 0 Å². The number of tetrazole rings is 1. The molecule has 0 aliphatic carbocycles. The summed E-state index contributed by atoms with van der Waals surface area (Å²) in [6.45, 7) is 13.2. The van der Waals surface area contributed by atoms with Crippen LogP contribution in [0.2, 0.25) is 0 Å². The number of imidazole rings is 1. The summed E-state index contributed by atoms with van der Waals surface area (Å²) in [4.78, 5) is 18.7. The van der Waals surface area contributed by atoms with Crippen molar-refractivity contribution in [2.45, 2.75) is 65.1 Å². The molecule has 1 N–H and O–H groups in total. The third-order valence-corrected chi connectivity index (χ3v) is 10.6. The summed E-state index contributed by atoms with van der Waals surface area (Å²) < 4.78 is 20.2. The molecule has 0 unspecified atom stereocenters. The van der Waals surface area contributed by atoms with Crippen LogP contribution >= 0.6 is 0 Å². The number of aliphatic hydroxyl groups is 1. The molecule has 0 saturated heterocycles. The highest BCUT2D eigenvalue weighted by molar-refractivity contribution is 6.04. The lowest BCUT2D eigenvalue weighted by atomic mass is 9.76. The van der Waals surface area contributed by atoms with E-state index in [0.29, 0.717) is 36.1 Å². The van der Waals surface area contributed by atoms with Crippen molar-refractivity contribution in [3.63, 3.8) is 0 Å². The number of hydrogen-bond donors (Lipinski definition) is 1. The monoisotopic (exact) mass is 818 g/mol. The minimum absolute atomic E-state index is 0.150. The number of rotatable bonds is 18. The number of nitrogens with zero attached hydrogens (tertiary/aromatic N) is 6. The van der Waals surface area contributed by atoms with E-state index in [2.05, 4.69) is 48.2 Å².